The molecule has 1 amide bonds. The zero-order valence-corrected chi connectivity index (χ0v) is 17.3. The predicted molar refractivity (Wildman–Crippen MR) is 115 cm³/mol. The molecule has 152 valence electrons. The van der Waals surface area contributed by atoms with Crippen LogP contribution in [0.2, 0.25) is 5.02 Å². The van der Waals surface area contributed by atoms with Crippen LogP contribution in [-0.4, -0.2) is 42.5 Å². The molecule has 2 aromatic carbocycles. The van der Waals surface area contributed by atoms with Crippen molar-refractivity contribution in [2.75, 3.05) is 6.54 Å². The first-order valence-electron chi connectivity index (χ1n) is 10.1. The third-order valence-electron chi connectivity index (χ3n) is 5.68. The molecule has 1 atom stereocenters. The van der Waals surface area contributed by atoms with Crippen molar-refractivity contribution in [1.29, 1.82) is 0 Å². The van der Waals surface area contributed by atoms with E-state index in [0.717, 1.165) is 17.5 Å². The number of carbonyl (C=O) groups is 1. The van der Waals surface area contributed by atoms with Gasteiger partial charge in [0.1, 0.15) is 0 Å². The largest absolute Gasteiger partial charge is 0.358 e. The van der Waals surface area contributed by atoms with Crippen molar-refractivity contribution in [2.24, 2.45) is 0 Å². The van der Waals surface area contributed by atoms with Gasteiger partial charge in [0, 0.05) is 52.3 Å². The lowest BCUT2D eigenvalue weighted by molar-refractivity contribution is -0.136. The molecule has 0 saturated heterocycles. The number of para-hydroxylation sites is 1. The van der Waals surface area contributed by atoms with Crippen LogP contribution in [0.5, 0.6) is 0 Å². The number of aromatic nitrogens is 5. The number of benzene rings is 2. The molecule has 1 aliphatic rings. The highest BCUT2D eigenvalue weighted by molar-refractivity contribution is 6.30. The number of hydrogen-bond acceptors (Lipinski definition) is 4. The van der Waals surface area contributed by atoms with Gasteiger partial charge in [-0.25, -0.2) is 0 Å². The summed E-state index contributed by atoms with van der Waals surface area (Å²) in [7, 11) is 0. The van der Waals surface area contributed by atoms with Gasteiger partial charge in [0.15, 0.2) is 6.04 Å². The Morgan fingerprint density at radius 3 is 2.80 bits per heavy atom. The molecule has 8 heteroatoms. The first-order valence-corrected chi connectivity index (χ1v) is 10.4. The molecule has 1 unspecified atom stereocenters. The molecule has 3 heterocycles. The SMILES string of the molecule is CCC(C(=O)N1CCc2[nH]c3ccccc3c2C1)n1nnc(-c2ccc(Cl)cc2)n1. The molecule has 0 fully saturated rings. The summed E-state index contributed by atoms with van der Waals surface area (Å²) in [6.07, 6.45) is 1.40. The number of hydrogen-bond donors (Lipinski definition) is 1. The van der Waals surface area contributed by atoms with Gasteiger partial charge in [-0.3, -0.25) is 4.79 Å². The fourth-order valence-corrected chi connectivity index (χ4v) is 4.20. The van der Waals surface area contributed by atoms with Crippen LogP contribution in [0.3, 0.4) is 0 Å². The van der Waals surface area contributed by atoms with Crippen molar-refractivity contribution in [3.05, 3.63) is 64.8 Å². The number of tetrazole rings is 1. The molecule has 30 heavy (non-hydrogen) atoms. The van der Waals surface area contributed by atoms with Gasteiger partial charge >= 0.3 is 0 Å². The van der Waals surface area contributed by atoms with E-state index in [0.29, 0.717) is 30.4 Å². The summed E-state index contributed by atoms with van der Waals surface area (Å²) in [5, 5.41) is 14.6. The lowest BCUT2D eigenvalue weighted by Crippen LogP contribution is -2.41. The van der Waals surface area contributed by atoms with Crippen LogP contribution in [0.15, 0.2) is 48.5 Å². The number of nitrogens with one attached hydrogen (secondary N) is 1. The van der Waals surface area contributed by atoms with Gasteiger partial charge in [-0.05, 0) is 42.0 Å². The Balaban J connectivity index is 1.39. The summed E-state index contributed by atoms with van der Waals surface area (Å²) in [5.41, 5.74) is 4.36. The van der Waals surface area contributed by atoms with Gasteiger partial charge in [-0.15, -0.1) is 10.2 Å². The number of nitrogens with zero attached hydrogens (tertiary/aromatic N) is 5. The van der Waals surface area contributed by atoms with Crippen molar-refractivity contribution in [1.82, 2.24) is 30.1 Å². The molecule has 7 nitrogen and oxygen atoms in total. The number of fused-ring (bicyclic) bond motifs is 3. The van der Waals surface area contributed by atoms with Crippen LogP contribution in [0, 0.1) is 0 Å². The lowest BCUT2D eigenvalue weighted by Gasteiger charge is -2.30. The summed E-state index contributed by atoms with van der Waals surface area (Å²) in [4.78, 5) is 20.2. The molecular formula is C22H21ClN6O. The molecule has 2 aromatic heterocycles. The Kier molecular flexibility index (Phi) is 4.75. The highest BCUT2D eigenvalue weighted by Gasteiger charge is 2.30. The van der Waals surface area contributed by atoms with E-state index in [1.54, 1.807) is 12.1 Å². The fraction of sp³-hybridized carbons (Fsp3) is 0.273. The minimum absolute atomic E-state index is 0.0217. The van der Waals surface area contributed by atoms with Crippen LogP contribution in [-0.2, 0) is 17.8 Å². The second-order valence-corrected chi connectivity index (χ2v) is 7.94. The lowest BCUT2D eigenvalue weighted by atomic mass is 10.0. The van der Waals surface area contributed by atoms with E-state index in [2.05, 4.69) is 32.5 Å². The van der Waals surface area contributed by atoms with Gasteiger partial charge in [-0.2, -0.15) is 4.80 Å². The molecule has 1 aliphatic heterocycles. The topological polar surface area (TPSA) is 79.7 Å². The number of amides is 1. The molecule has 0 aliphatic carbocycles. The number of aromatic amines is 1. The fourth-order valence-electron chi connectivity index (χ4n) is 4.07. The van der Waals surface area contributed by atoms with E-state index in [4.69, 9.17) is 11.6 Å². The number of carbonyl (C=O) groups excluding carboxylic acids is 1. The highest BCUT2D eigenvalue weighted by atomic mass is 35.5. The molecule has 0 bridgehead atoms. The Bertz CT molecular complexity index is 1210. The minimum atomic E-state index is -0.481. The van der Waals surface area contributed by atoms with Crippen molar-refractivity contribution < 1.29 is 4.79 Å². The zero-order chi connectivity index (χ0) is 20.7. The van der Waals surface area contributed by atoms with E-state index in [9.17, 15) is 4.79 Å². The van der Waals surface area contributed by atoms with Crippen molar-refractivity contribution >= 4 is 28.4 Å². The van der Waals surface area contributed by atoms with Gasteiger partial charge in [0.25, 0.3) is 0 Å². The summed E-state index contributed by atoms with van der Waals surface area (Å²) in [5.74, 6) is 0.504. The highest BCUT2D eigenvalue weighted by Crippen LogP contribution is 2.29. The molecule has 0 saturated carbocycles. The van der Waals surface area contributed by atoms with Gasteiger partial charge in [-0.1, -0.05) is 36.7 Å². The Hall–Kier alpha value is -3.19. The summed E-state index contributed by atoms with van der Waals surface area (Å²) < 4.78 is 0. The monoisotopic (exact) mass is 420 g/mol. The first kappa shape index (κ1) is 18.8. The smallest absolute Gasteiger partial charge is 0.249 e. The van der Waals surface area contributed by atoms with Gasteiger partial charge in [0.2, 0.25) is 11.7 Å². The Morgan fingerprint density at radius 2 is 2.00 bits per heavy atom. The summed E-state index contributed by atoms with van der Waals surface area (Å²) >= 11 is 5.95. The van der Waals surface area contributed by atoms with Crippen LogP contribution in [0.4, 0.5) is 0 Å². The second-order valence-electron chi connectivity index (χ2n) is 7.50. The van der Waals surface area contributed by atoms with E-state index < -0.39 is 6.04 Å². The van der Waals surface area contributed by atoms with Gasteiger partial charge in [0.05, 0.1) is 0 Å². The molecular weight excluding hydrogens is 400 g/mol. The first-order chi connectivity index (χ1) is 14.6. The van der Waals surface area contributed by atoms with E-state index in [-0.39, 0.29) is 5.91 Å². The average molecular weight is 421 g/mol. The van der Waals surface area contributed by atoms with Crippen molar-refractivity contribution in [3.8, 4) is 11.4 Å². The number of H-pyrrole nitrogens is 1. The molecule has 0 radical (unpaired) electrons. The predicted octanol–water partition coefficient (Wildman–Crippen LogP) is 4.01. The molecule has 5 rings (SSSR count). The van der Waals surface area contributed by atoms with Crippen LogP contribution < -0.4 is 0 Å². The average Bonchev–Trinajstić information content (AvgIpc) is 3.39. The second kappa shape index (κ2) is 7.57. The normalized spacial score (nSPS) is 14.7. The Morgan fingerprint density at radius 1 is 1.20 bits per heavy atom. The summed E-state index contributed by atoms with van der Waals surface area (Å²) in [6.45, 7) is 3.23. The number of rotatable bonds is 4. The van der Waals surface area contributed by atoms with E-state index >= 15 is 0 Å². The van der Waals surface area contributed by atoms with E-state index in [1.165, 1.54) is 21.4 Å². The van der Waals surface area contributed by atoms with Crippen molar-refractivity contribution in [3.63, 3.8) is 0 Å². The summed E-state index contributed by atoms with van der Waals surface area (Å²) in [6, 6.07) is 15.0. The van der Waals surface area contributed by atoms with Crippen LogP contribution >= 0.6 is 11.6 Å². The van der Waals surface area contributed by atoms with Crippen molar-refractivity contribution in [2.45, 2.75) is 32.4 Å². The zero-order valence-electron chi connectivity index (χ0n) is 16.5. The number of halogens is 1. The molecule has 4 aromatic rings. The van der Waals surface area contributed by atoms with Crippen LogP contribution in [0.1, 0.15) is 30.6 Å². The Labute approximate surface area is 178 Å². The minimum Gasteiger partial charge on any atom is -0.358 e. The van der Waals surface area contributed by atoms with E-state index in [1.807, 2.05) is 36.1 Å². The third kappa shape index (κ3) is 3.25. The quantitative estimate of drug-likeness (QED) is 0.541. The molecule has 1 N–H and O–H groups in total. The third-order valence-corrected chi connectivity index (χ3v) is 5.93. The maximum atomic E-state index is 13.4. The van der Waals surface area contributed by atoms with Gasteiger partial charge < -0.3 is 9.88 Å². The standard InChI is InChI=1S/C22H21ClN6O/c1-2-20(29-26-21(25-27-29)14-7-9-15(23)10-8-14)22(30)28-12-11-19-17(13-28)16-5-3-4-6-18(16)24-19/h3-10,20,24H,2,11-13H2,1H3. The molecule has 0 spiro atoms. The maximum Gasteiger partial charge on any atom is 0.249 e. The maximum absolute atomic E-state index is 13.4. The van der Waals surface area contributed by atoms with Crippen LogP contribution in [0.25, 0.3) is 22.3 Å².